The molecule has 0 aliphatic heterocycles. The van der Waals surface area contributed by atoms with Crippen LogP contribution in [0.4, 0.5) is 0 Å². The van der Waals surface area contributed by atoms with Crippen molar-refractivity contribution in [2.24, 2.45) is 0 Å². The van der Waals surface area contributed by atoms with E-state index in [1.54, 1.807) is 0 Å². The molecule has 0 saturated heterocycles. The average molecular weight is 336 g/mol. The SMILES string of the molecule is CCCCCCC=CC=CCC=CCC=CCCCC(=O)OOO. The molecule has 4 heteroatoms. The van der Waals surface area contributed by atoms with Crippen LogP contribution in [0.5, 0.6) is 0 Å². The van der Waals surface area contributed by atoms with Crippen molar-refractivity contribution in [3.63, 3.8) is 0 Å². The van der Waals surface area contributed by atoms with E-state index in [-0.39, 0.29) is 6.42 Å². The summed E-state index contributed by atoms with van der Waals surface area (Å²) in [5, 5.41) is 11.2. The van der Waals surface area contributed by atoms with Gasteiger partial charge in [0.05, 0.1) is 0 Å². The van der Waals surface area contributed by atoms with E-state index in [1.165, 1.54) is 32.1 Å². The summed E-state index contributed by atoms with van der Waals surface area (Å²) in [6.45, 7) is 2.23. The monoisotopic (exact) mass is 336 g/mol. The van der Waals surface area contributed by atoms with Gasteiger partial charge in [-0.2, -0.15) is 0 Å². The average Bonchev–Trinajstić information content (AvgIpc) is 2.58. The lowest BCUT2D eigenvalue weighted by molar-refractivity contribution is -0.462. The Labute approximate surface area is 146 Å². The molecule has 0 aliphatic carbocycles. The maximum atomic E-state index is 10.8. The predicted octanol–water partition coefficient (Wildman–Crippen LogP) is 6.08. The summed E-state index contributed by atoms with van der Waals surface area (Å²) in [7, 11) is 0. The quantitative estimate of drug-likeness (QED) is 0.129. The number of hydrogen-bond donors (Lipinski definition) is 1. The summed E-state index contributed by atoms with van der Waals surface area (Å²) in [5.74, 6) is -0.562. The molecule has 0 heterocycles. The molecule has 0 fully saturated rings. The summed E-state index contributed by atoms with van der Waals surface area (Å²) in [6, 6.07) is 0. The van der Waals surface area contributed by atoms with E-state index in [1.807, 2.05) is 6.08 Å². The topological polar surface area (TPSA) is 55.8 Å². The Kier molecular flexibility index (Phi) is 18.1. The third-order valence-corrected chi connectivity index (χ3v) is 3.37. The minimum atomic E-state index is -0.562. The molecule has 0 aromatic heterocycles. The highest BCUT2D eigenvalue weighted by atomic mass is 17.5. The summed E-state index contributed by atoms with van der Waals surface area (Å²) < 4.78 is 0. The maximum Gasteiger partial charge on any atom is 0.345 e. The Hall–Kier alpha value is -1.65. The Bertz CT molecular complexity index is 394. The smallest absolute Gasteiger partial charge is 0.269 e. The van der Waals surface area contributed by atoms with Gasteiger partial charge in [0.25, 0.3) is 0 Å². The molecule has 0 radical (unpaired) electrons. The first-order chi connectivity index (χ1) is 11.8. The summed E-state index contributed by atoms with van der Waals surface area (Å²) in [6.07, 6.45) is 27.0. The van der Waals surface area contributed by atoms with E-state index < -0.39 is 5.97 Å². The second kappa shape index (κ2) is 19.4. The standard InChI is InChI=1S/C20H32O4/c1-2-3-4-5-6-7-8-9-10-11-12-13-14-15-16-17-18-19-20(21)23-24-22/h7-10,12-13,15-16,22H,2-6,11,14,17-19H2,1H3. The van der Waals surface area contributed by atoms with Gasteiger partial charge in [0.2, 0.25) is 0 Å². The fourth-order valence-corrected chi connectivity index (χ4v) is 2.03. The Balaban J connectivity index is 3.45. The lowest BCUT2D eigenvalue weighted by Crippen LogP contribution is -2.02. The molecule has 0 rings (SSSR count). The van der Waals surface area contributed by atoms with Crippen LogP contribution in [0.1, 0.15) is 71.1 Å². The lowest BCUT2D eigenvalue weighted by atomic mass is 10.1. The Morgan fingerprint density at radius 3 is 2.25 bits per heavy atom. The summed E-state index contributed by atoms with van der Waals surface area (Å²) in [5.41, 5.74) is 0. The van der Waals surface area contributed by atoms with Gasteiger partial charge in [-0.25, -0.2) is 10.1 Å². The second-order valence-electron chi connectivity index (χ2n) is 5.54. The molecule has 0 aliphatic rings. The molecule has 0 bridgehead atoms. The number of rotatable bonds is 15. The highest BCUT2D eigenvalue weighted by molar-refractivity contribution is 5.68. The third-order valence-electron chi connectivity index (χ3n) is 3.37. The highest BCUT2D eigenvalue weighted by Crippen LogP contribution is 2.03. The zero-order valence-electron chi connectivity index (χ0n) is 14.9. The third kappa shape index (κ3) is 18.4. The van der Waals surface area contributed by atoms with Crippen molar-refractivity contribution in [1.82, 2.24) is 0 Å². The van der Waals surface area contributed by atoms with Gasteiger partial charge in [-0.3, -0.25) is 4.89 Å². The van der Waals surface area contributed by atoms with Gasteiger partial charge >= 0.3 is 5.97 Å². The molecule has 1 N–H and O–H groups in total. The van der Waals surface area contributed by atoms with Crippen LogP contribution in [0, 0.1) is 0 Å². The van der Waals surface area contributed by atoms with Crippen molar-refractivity contribution in [3.8, 4) is 0 Å². The number of hydrogen-bond acceptors (Lipinski definition) is 4. The molecule has 4 nitrogen and oxygen atoms in total. The van der Waals surface area contributed by atoms with Crippen LogP contribution < -0.4 is 0 Å². The van der Waals surface area contributed by atoms with Crippen LogP contribution in [-0.4, -0.2) is 11.2 Å². The zero-order valence-corrected chi connectivity index (χ0v) is 14.9. The minimum absolute atomic E-state index is 0.234. The van der Waals surface area contributed by atoms with Crippen molar-refractivity contribution in [3.05, 3.63) is 48.6 Å². The molecule has 0 amide bonds. The fourth-order valence-electron chi connectivity index (χ4n) is 2.03. The van der Waals surface area contributed by atoms with Crippen molar-refractivity contribution < 1.29 is 20.0 Å². The van der Waals surface area contributed by atoms with E-state index in [9.17, 15) is 4.79 Å². The Morgan fingerprint density at radius 1 is 0.833 bits per heavy atom. The molecule has 0 unspecified atom stereocenters. The molecule has 136 valence electrons. The first-order valence-corrected chi connectivity index (χ1v) is 8.93. The molecule has 0 saturated carbocycles. The number of carbonyl (C=O) groups is 1. The van der Waals surface area contributed by atoms with Crippen LogP contribution in [0.3, 0.4) is 0 Å². The molecular weight excluding hydrogens is 304 g/mol. The van der Waals surface area contributed by atoms with Gasteiger partial charge < -0.3 is 0 Å². The van der Waals surface area contributed by atoms with Crippen LogP contribution in [0.2, 0.25) is 0 Å². The van der Waals surface area contributed by atoms with E-state index in [2.05, 4.69) is 59.4 Å². The van der Waals surface area contributed by atoms with Gasteiger partial charge in [-0.15, -0.1) is 0 Å². The minimum Gasteiger partial charge on any atom is -0.269 e. The molecule has 0 spiro atoms. The first kappa shape index (κ1) is 22.4. The van der Waals surface area contributed by atoms with E-state index >= 15 is 0 Å². The summed E-state index contributed by atoms with van der Waals surface area (Å²) >= 11 is 0. The van der Waals surface area contributed by atoms with Gasteiger partial charge in [-0.1, -0.05) is 74.8 Å². The largest absolute Gasteiger partial charge is 0.345 e. The van der Waals surface area contributed by atoms with Gasteiger partial charge in [0.1, 0.15) is 0 Å². The molecular formula is C20H32O4. The van der Waals surface area contributed by atoms with Crippen LogP contribution in [0.25, 0.3) is 0 Å². The first-order valence-electron chi connectivity index (χ1n) is 8.93. The second-order valence-corrected chi connectivity index (χ2v) is 5.54. The van der Waals surface area contributed by atoms with E-state index in [4.69, 9.17) is 5.26 Å². The number of carbonyl (C=O) groups excluding carboxylic acids is 1. The van der Waals surface area contributed by atoms with E-state index in [0.717, 1.165) is 19.3 Å². The number of allylic oxidation sites excluding steroid dienone is 8. The van der Waals surface area contributed by atoms with Crippen molar-refractivity contribution >= 4 is 5.97 Å². The van der Waals surface area contributed by atoms with Crippen molar-refractivity contribution in [2.45, 2.75) is 71.1 Å². The lowest BCUT2D eigenvalue weighted by Gasteiger charge is -1.95. The molecule has 0 aromatic rings. The van der Waals surface area contributed by atoms with Crippen LogP contribution in [-0.2, 0) is 14.7 Å². The van der Waals surface area contributed by atoms with Gasteiger partial charge in [-0.05, 0) is 43.6 Å². The van der Waals surface area contributed by atoms with Gasteiger partial charge in [0, 0.05) is 6.42 Å². The highest BCUT2D eigenvalue weighted by Gasteiger charge is 2.01. The van der Waals surface area contributed by atoms with Crippen LogP contribution in [0.15, 0.2) is 48.6 Å². The van der Waals surface area contributed by atoms with Crippen molar-refractivity contribution in [1.29, 1.82) is 0 Å². The predicted molar refractivity (Wildman–Crippen MR) is 98.2 cm³/mol. The van der Waals surface area contributed by atoms with Crippen LogP contribution >= 0.6 is 0 Å². The fraction of sp³-hybridized carbons (Fsp3) is 0.550. The summed E-state index contributed by atoms with van der Waals surface area (Å²) in [4.78, 5) is 14.8. The molecule has 0 aromatic carbocycles. The maximum absolute atomic E-state index is 10.8. The van der Waals surface area contributed by atoms with Crippen molar-refractivity contribution in [2.75, 3.05) is 0 Å². The van der Waals surface area contributed by atoms with Gasteiger partial charge in [0.15, 0.2) is 0 Å². The number of unbranched alkanes of at least 4 members (excludes halogenated alkanes) is 5. The molecule has 0 atom stereocenters. The van der Waals surface area contributed by atoms with E-state index in [0.29, 0.717) is 6.42 Å². The zero-order chi connectivity index (χ0) is 17.7. The molecule has 24 heavy (non-hydrogen) atoms. The Morgan fingerprint density at radius 2 is 1.50 bits per heavy atom. The normalized spacial score (nSPS) is 12.2.